The van der Waals surface area contributed by atoms with Crippen molar-refractivity contribution in [2.45, 2.75) is 57.5 Å². The van der Waals surface area contributed by atoms with Crippen LogP contribution < -0.4 is 5.32 Å². The molecule has 0 aromatic heterocycles. The molecule has 25 heavy (non-hydrogen) atoms. The van der Waals surface area contributed by atoms with Gasteiger partial charge >= 0.3 is 12.1 Å². The highest BCUT2D eigenvalue weighted by Crippen LogP contribution is 2.20. The molecule has 3 fully saturated rings. The number of piperidine rings is 1. The number of urea groups is 1. The third-order valence-electron chi connectivity index (χ3n) is 5.79. The lowest BCUT2D eigenvalue weighted by Crippen LogP contribution is -2.56. The van der Waals surface area contributed by atoms with E-state index in [1.54, 1.807) is 0 Å². The standard InChI is InChI=1S/C18H32N4O3/c1-2-25-18(24)22-9-7-16(8-10-22)20-11-13-21(14-12-20)17(23)19-15-5-3-4-6-15/h15-16H,2-14H2,1H3,(H,19,23). The summed E-state index contributed by atoms with van der Waals surface area (Å²) >= 11 is 0. The lowest BCUT2D eigenvalue weighted by atomic mass is 10.0. The number of amides is 3. The van der Waals surface area contributed by atoms with E-state index in [0.717, 1.165) is 65.0 Å². The minimum Gasteiger partial charge on any atom is -0.450 e. The van der Waals surface area contributed by atoms with Gasteiger partial charge in [-0.05, 0) is 32.6 Å². The summed E-state index contributed by atoms with van der Waals surface area (Å²) < 4.78 is 5.08. The monoisotopic (exact) mass is 352 g/mol. The molecule has 0 aromatic rings. The lowest BCUT2D eigenvalue weighted by Gasteiger charge is -2.42. The van der Waals surface area contributed by atoms with E-state index in [1.807, 2.05) is 16.7 Å². The molecule has 1 aliphatic carbocycles. The summed E-state index contributed by atoms with van der Waals surface area (Å²) in [5.41, 5.74) is 0. The van der Waals surface area contributed by atoms with E-state index in [9.17, 15) is 9.59 Å². The zero-order chi connectivity index (χ0) is 17.6. The summed E-state index contributed by atoms with van der Waals surface area (Å²) in [6, 6.07) is 1.02. The van der Waals surface area contributed by atoms with Crippen molar-refractivity contribution in [2.24, 2.45) is 0 Å². The van der Waals surface area contributed by atoms with Crippen LogP contribution in [0.4, 0.5) is 9.59 Å². The Balaban J connectivity index is 1.38. The van der Waals surface area contributed by atoms with E-state index in [0.29, 0.717) is 18.7 Å². The van der Waals surface area contributed by atoms with Crippen molar-refractivity contribution in [1.29, 1.82) is 0 Å². The van der Waals surface area contributed by atoms with E-state index in [-0.39, 0.29) is 12.1 Å². The molecular formula is C18H32N4O3. The molecule has 0 spiro atoms. The van der Waals surface area contributed by atoms with Crippen molar-refractivity contribution in [3.63, 3.8) is 0 Å². The highest BCUT2D eigenvalue weighted by atomic mass is 16.6. The molecule has 0 atom stereocenters. The zero-order valence-electron chi connectivity index (χ0n) is 15.4. The van der Waals surface area contributed by atoms with E-state index < -0.39 is 0 Å². The molecule has 0 radical (unpaired) electrons. The van der Waals surface area contributed by atoms with Crippen LogP contribution in [0.15, 0.2) is 0 Å². The smallest absolute Gasteiger partial charge is 0.409 e. The van der Waals surface area contributed by atoms with E-state index in [1.165, 1.54) is 12.8 Å². The van der Waals surface area contributed by atoms with Crippen LogP contribution in [0.25, 0.3) is 0 Å². The van der Waals surface area contributed by atoms with Crippen LogP contribution in [0.2, 0.25) is 0 Å². The molecule has 3 rings (SSSR count). The third-order valence-corrected chi connectivity index (χ3v) is 5.79. The quantitative estimate of drug-likeness (QED) is 0.842. The van der Waals surface area contributed by atoms with Gasteiger partial charge in [0.15, 0.2) is 0 Å². The zero-order valence-corrected chi connectivity index (χ0v) is 15.4. The average Bonchev–Trinajstić information content (AvgIpc) is 3.15. The van der Waals surface area contributed by atoms with Crippen LogP contribution in [0.5, 0.6) is 0 Å². The van der Waals surface area contributed by atoms with Crippen molar-refractivity contribution >= 4 is 12.1 Å². The number of nitrogens with zero attached hydrogens (tertiary/aromatic N) is 3. The van der Waals surface area contributed by atoms with Crippen molar-refractivity contribution in [2.75, 3.05) is 45.9 Å². The average molecular weight is 352 g/mol. The number of nitrogens with one attached hydrogen (secondary N) is 1. The van der Waals surface area contributed by atoms with Gasteiger partial charge in [0.25, 0.3) is 0 Å². The van der Waals surface area contributed by atoms with E-state index in [2.05, 4.69) is 10.2 Å². The first-order valence-corrected chi connectivity index (χ1v) is 9.88. The first-order chi connectivity index (χ1) is 12.2. The molecule has 1 saturated carbocycles. The highest BCUT2D eigenvalue weighted by molar-refractivity contribution is 5.74. The minimum absolute atomic E-state index is 0.115. The molecule has 142 valence electrons. The van der Waals surface area contributed by atoms with Gasteiger partial charge in [0, 0.05) is 51.4 Å². The molecule has 3 aliphatic rings. The van der Waals surface area contributed by atoms with Crippen LogP contribution in [-0.2, 0) is 4.74 Å². The molecule has 3 amide bonds. The second kappa shape index (κ2) is 8.74. The molecule has 2 aliphatic heterocycles. The minimum atomic E-state index is -0.186. The Labute approximate surface area is 150 Å². The number of likely N-dealkylation sites (tertiary alicyclic amines) is 1. The molecule has 0 bridgehead atoms. The number of carbonyl (C=O) groups is 2. The summed E-state index contributed by atoms with van der Waals surface area (Å²) in [6.07, 6.45) is 6.54. The van der Waals surface area contributed by atoms with Crippen molar-refractivity contribution in [1.82, 2.24) is 20.0 Å². The van der Waals surface area contributed by atoms with Crippen molar-refractivity contribution < 1.29 is 14.3 Å². The van der Waals surface area contributed by atoms with Gasteiger partial charge in [-0.2, -0.15) is 0 Å². The molecule has 2 heterocycles. The fraction of sp³-hybridized carbons (Fsp3) is 0.889. The predicted octanol–water partition coefficient (Wildman–Crippen LogP) is 1.88. The SMILES string of the molecule is CCOC(=O)N1CCC(N2CCN(C(=O)NC3CCCC3)CC2)CC1. The molecule has 1 N–H and O–H groups in total. The third kappa shape index (κ3) is 4.77. The van der Waals surface area contributed by atoms with E-state index in [4.69, 9.17) is 4.74 Å². The summed E-state index contributed by atoms with van der Waals surface area (Å²) in [7, 11) is 0. The Morgan fingerprint density at radius 2 is 1.56 bits per heavy atom. The lowest BCUT2D eigenvalue weighted by molar-refractivity contribution is 0.0565. The maximum absolute atomic E-state index is 12.4. The second-order valence-electron chi connectivity index (χ2n) is 7.37. The number of piperazine rings is 1. The van der Waals surface area contributed by atoms with Crippen LogP contribution in [-0.4, -0.2) is 84.8 Å². The van der Waals surface area contributed by atoms with Gasteiger partial charge in [-0.15, -0.1) is 0 Å². The van der Waals surface area contributed by atoms with Gasteiger partial charge in [-0.1, -0.05) is 12.8 Å². The molecule has 0 unspecified atom stereocenters. The number of ether oxygens (including phenoxy) is 1. The largest absolute Gasteiger partial charge is 0.450 e. The molecule has 7 heteroatoms. The Kier molecular flexibility index (Phi) is 6.39. The summed E-state index contributed by atoms with van der Waals surface area (Å²) in [5, 5.41) is 3.18. The Bertz CT molecular complexity index is 451. The van der Waals surface area contributed by atoms with Crippen LogP contribution in [0, 0.1) is 0 Å². The molecular weight excluding hydrogens is 320 g/mol. The van der Waals surface area contributed by atoms with Crippen LogP contribution >= 0.6 is 0 Å². The van der Waals surface area contributed by atoms with E-state index >= 15 is 0 Å². The fourth-order valence-electron chi connectivity index (χ4n) is 4.25. The maximum atomic E-state index is 12.4. The first-order valence-electron chi connectivity index (χ1n) is 9.88. The topological polar surface area (TPSA) is 65.1 Å². The number of rotatable bonds is 3. The van der Waals surface area contributed by atoms with Gasteiger partial charge in [-0.25, -0.2) is 9.59 Å². The van der Waals surface area contributed by atoms with Gasteiger partial charge in [0.1, 0.15) is 0 Å². The summed E-state index contributed by atoms with van der Waals surface area (Å²) in [6.45, 7) is 7.28. The number of hydrogen-bond acceptors (Lipinski definition) is 4. The highest BCUT2D eigenvalue weighted by Gasteiger charge is 2.31. The normalized spacial score (nSPS) is 23.7. The molecule has 2 saturated heterocycles. The predicted molar refractivity (Wildman–Crippen MR) is 95.6 cm³/mol. The van der Waals surface area contributed by atoms with Crippen molar-refractivity contribution in [3.8, 4) is 0 Å². The second-order valence-corrected chi connectivity index (χ2v) is 7.37. The Morgan fingerprint density at radius 1 is 0.920 bits per heavy atom. The van der Waals surface area contributed by atoms with Gasteiger partial charge in [0.05, 0.1) is 6.61 Å². The van der Waals surface area contributed by atoms with Gasteiger partial charge < -0.3 is 19.9 Å². The molecule has 7 nitrogen and oxygen atoms in total. The number of carbonyl (C=O) groups excluding carboxylic acids is 2. The summed E-state index contributed by atoms with van der Waals surface area (Å²) in [5.74, 6) is 0. The summed E-state index contributed by atoms with van der Waals surface area (Å²) in [4.78, 5) is 30.4. The Hall–Kier alpha value is -1.50. The Morgan fingerprint density at radius 3 is 2.16 bits per heavy atom. The van der Waals surface area contributed by atoms with Gasteiger partial charge in [0.2, 0.25) is 0 Å². The fourth-order valence-corrected chi connectivity index (χ4v) is 4.25. The van der Waals surface area contributed by atoms with Crippen molar-refractivity contribution in [3.05, 3.63) is 0 Å². The molecule has 0 aromatic carbocycles. The maximum Gasteiger partial charge on any atom is 0.409 e. The van der Waals surface area contributed by atoms with Gasteiger partial charge in [-0.3, -0.25) is 4.90 Å². The van der Waals surface area contributed by atoms with Crippen LogP contribution in [0.3, 0.4) is 0 Å². The first kappa shape index (κ1) is 18.3. The number of hydrogen-bond donors (Lipinski definition) is 1. The van der Waals surface area contributed by atoms with Crippen LogP contribution in [0.1, 0.15) is 45.4 Å².